The van der Waals surface area contributed by atoms with Crippen LogP contribution in [0.15, 0.2) is 29.6 Å². The van der Waals surface area contributed by atoms with Crippen LogP contribution in [0.2, 0.25) is 0 Å². The van der Waals surface area contributed by atoms with Gasteiger partial charge in [-0.25, -0.2) is 19.6 Å². The molecule has 16 heteroatoms. The van der Waals surface area contributed by atoms with Gasteiger partial charge in [-0.1, -0.05) is 46.0 Å². The van der Waals surface area contributed by atoms with Gasteiger partial charge in [-0.15, -0.1) is 11.3 Å². The highest BCUT2D eigenvalue weighted by atomic mass is 32.1. The largest absolute Gasteiger partial charge is 0.497 e. The Kier molecular flexibility index (Phi) is 12.6. The van der Waals surface area contributed by atoms with Gasteiger partial charge in [0.25, 0.3) is 0 Å². The highest BCUT2D eigenvalue weighted by Gasteiger charge is 2.62. The highest BCUT2D eigenvalue weighted by Crippen LogP contribution is 2.48. The maximum absolute atomic E-state index is 14.7. The summed E-state index contributed by atoms with van der Waals surface area (Å²) in [4.78, 5) is 79.5. The molecule has 0 bridgehead atoms. The fourth-order valence-electron chi connectivity index (χ4n) is 8.50. The van der Waals surface area contributed by atoms with Crippen molar-refractivity contribution in [1.29, 1.82) is 0 Å². The molecule has 4 amide bonds. The number of thiazole rings is 1. The van der Waals surface area contributed by atoms with E-state index in [0.29, 0.717) is 59.5 Å². The zero-order chi connectivity index (χ0) is 42.0. The number of carbonyl (C=O) groups excluding carboxylic acids is 4. The number of ether oxygens (including phenoxy) is 2. The minimum Gasteiger partial charge on any atom is -0.497 e. The quantitative estimate of drug-likeness (QED) is 0.145. The number of hydrogen-bond acceptors (Lipinski definition) is 11. The zero-order valence-electron chi connectivity index (χ0n) is 34.5. The van der Waals surface area contributed by atoms with E-state index in [9.17, 15) is 29.1 Å². The number of carboxylic acids is 1. The van der Waals surface area contributed by atoms with E-state index in [0.717, 1.165) is 43.7 Å². The number of urea groups is 1. The lowest BCUT2D eigenvalue weighted by Gasteiger charge is -2.30. The Balaban J connectivity index is 1.19. The lowest BCUT2D eigenvalue weighted by molar-refractivity contribution is -0.145. The number of nitrogens with one attached hydrogen (secondary N) is 4. The van der Waals surface area contributed by atoms with E-state index in [-0.39, 0.29) is 42.5 Å². The second-order valence-electron chi connectivity index (χ2n) is 17.3. The predicted molar refractivity (Wildman–Crippen MR) is 223 cm³/mol. The van der Waals surface area contributed by atoms with Gasteiger partial charge in [0.05, 0.1) is 30.9 Å². The number of aromatic nitrogens is 2. The van der Waals surface area contributed by atoms with Gasteiger partial charge in [0.15, 0.2) is 10.9 Å². The minimum atomic E-state index is -1.39. The topological polar surface area (TPSA) is 201 Å². The van der Waals surface area contributed by atoms with E-state index in [4.69, 9.17) is 19.4 Å². The molecule has 59 heavy (non-hydrogen) atoms. The third kappa shape index (κ3) is 9.58. The van der Waals surface area contributed by atoms with Gasteiger partial charge in [0, 0.05) is 41.3 Å². The van der Waals surface area contributed by atoms with Crippen LogP contribution in [0, 0.1) is 17.8 Å². The molecule has 3 aromatic rings. The molecule has 1 unspecified atom stereocenters. The molecule has 4 heterocycles. The number of methoxy groups -OCH3 is 1. The molecule has 6 atom stereocenters. The third-order valence-electron chi connectivity index (χ3n) is 12.0. The third-order valence-corrected chi connectivity index (χ3v) is 12.8. The first kappa shape index (κ1) is 42.1. The Morgan fingerprint density at radius 3 is 2.42 bits per heavy atom. The van der Waals surface area contributed by atoms with E-state index in [2.05, 4.69) is 21.3 Å². The number of aliphatic carboxylic acids is 1. The smallest absolute Gasteiger partial charge is 0.329 e. The Labute approximate surface area is 348 Å². The number of nitrogens with zero attached hydrogens (tertiary/aromatic N) is 3. The minimum absolute atomic E-state index is 0.00163. The van der Waals surface area contributed by atoms with Gasteiger partial charge in [0.2, 0.25) is 11.8 Å². The molecule has 15 nitrogen and oxygen atoms in total. The molecule has 2 saturated heterocycles. The molecular weight excluding hydrogens is 775 g/mol. The van der Waals surface area contributed by atoms with Crippen molar-refractivity contribution < 1.29 is 38.6 Å². The molecule has 4 aliphatic rings. The number of hydrogen-bond donors (Lipinski definition) is 5. The van der Waals surface area contributed by atoms with Gasteiger partial charge in [-0.2, -0.15) is 0 Å². The summed E-state index contributed by atoms with van der Waals surface area (Å²) < 4.78 is 12.3. The van der Waals surface area contributed by atoms with Crippen LogP contribution in [0.1, 0.15) is 98.3 Å². The van der Waals surface area contributed by atoms with Crippen LogP contribution in [-0.2, 0) is 19.2 Å². The summed E-state index contributed by atoms with van der Waals surface area (Å²) in [6, 6.07) is 4.07. The summed E-state index contributed by atoms with van der Waals surface area (Å²) >= 11 is 1.46. The molecule has 2 aliphatic carbocycles. The van der Waals surface area contributed by atoms with Crippen LogP contribution in [0.5, 0.6) is 11.5 Å². The first-order valence-electron chi connectivity index (χ1n) is 21.1. The fourth-order valence-corrected chi connectivity index (χ4v) is 9.35. The van der Waals surface area contributed by atoms with Gasteiger partial charge in [-0.3, -0.25) is 14.4 Å². The number of fused-ring (bicyclic) bond motifs is 3. The van der Waals surface area contributed by atoms with E-state index >= 15 is 0 Å². The summed E-state index contributed by atoms with van der Waals surface area (Å²) in [5, 5.41) is 25.6. The van der Waals surface area contributed by atoms with Gasteiger partial charge >= 0.3 is 12.0 Å². The summed E-state index contributed by atoms with van der Waals surface area (Å²) in [7, 11) is 1.58. The molecule has 0 spiro atoms. The monoisotopic (exact) mass is 831 g/mol. The van der Waals surface area contributed by atoms with Crippen molar-refractivity contribution in [2.24, 2.45) is 17.8 Å². The van der Waals surface area contributed by atoms with E-state index < -0.39 is 53.6 Å². The van der Waals surface area contributed by atoms with Crippen molar-refractivity contribution in [3.05, 3.63) is 29.6 Å². The van der Waals surface area contributed by atoms with Crippen LogP contribution < -0.4 is 30.7 Å². The van der Waals surface area contributed by atoms with E-state index in [1.54, 1.807) is 19.2 Å². The normalized spacial score (nSPS) is 25.6. The van der Waals surface area contributed by atoms with Gasteiger partial charge in [-0.05, 0) is 69.9 Å². The molecule has 4 fully saturated rings. The van der Waals surface area contributed by atoms with Crippen LogP contribution in [0.25, 0.3) is 22.3 Å². The Morgan fingerprint density at radius 2 is 1.73 bits per heavy atom. The number of anilines is 1. The molecule has 1 aromatic carbocycles. The average Bonchev–Trinajstić information content (AvgIpc) is 4.07. The summed E-state index contributed by atoms with van der Waals surface area (Å²) in [5.41, 5.74) is 0.413. The van der Waals surface area contributed by atoms with Crippen molar-refractivity contribution in [1.82, 2.24) is 30.8 Å². The van der Waals surface area contributed by atoms with Crippen LogP contribution >= 0.6 is 11.3 Å². The number of amides is 4. The van der Waals surface area contributed by atoms with Crippen LogP contribution in [0.4, 0.5) is 9.93 Å². The Bertz CT molecular complexity index is 2070. The lowest BCUT2D eigenvalue weighted by Crippen LogP contribution is -2.58. The summed E-state index contributed by atoms with van der Waals surface area (Å²) in [6.07, 6.45) is 6.45. The SMILES string of the molecule is COc1ccc2c(O[C@@H]3C[C@H]4C(=O)N[C@]5(C(=O)O)CC5CCCCCCC[C@H](NC(=O)N[C@H](C(=O)C5CC5)C(C)C)C(=O)N4C3)cc(-c3csc(NC(C)C)n3)nc2c1. The number of carboxylic acid groups (broad SMARTS) is 1. The van der Waals surface area contributed by atoms with Crippen LogP contribution in [0.3, 0.4) is 0 Å². The van der Waals surface area contributed by atoms with E-state index in [1.165, 1.54) is 16.2 Å². The number of pyridine rings is 1. The van der Waals surface area contributed by atoms with Gasteiger partial charge < -0.3 is 40.7 Å². The molecular formula is C43H57N7O8S. The Hall–Kier alpha value is -4.99. The van der Waals surface area contributed by atoms with Crippen molar-refractivity contribution in [3.63, 3.8) is 0 Å². The molecule has 7 rings (SSSR count). The van der Waals surface area contributed by atoms with Crippen molar-refractivity contribution in [2.45, 2.75) is 134 Å². The second kappa shape index (κ2) is 17.7. The average molecular weight is 832 g/mol. The van der Waals surface area contributed by atoms with Crippen molar-refractivity contribution in [2.75, 3.05) is 19.0 Å². The first-order valence-corrected chi connectivity index (χ1v) is 22.0. The standard InChI is InChI=1S/C43H57N7O8S/c1-23(2)36(37(51)25-13-14-25)48-41(56)46-30-12-10-8-6-7-9-11-26-20-43(26,40(54)55)49-38(52)34-18-28(21-50(34)39(30)53)58-35-19-32(33-22-59-42(47-33)44-24(3)4)45-31-17-27(57-5)15-16-29(31)35/h15-17,19,22-26,28,30,34,36H,6-14,18,20-21H2,1-5H3,(H,44,47)(H,49,52)(H,54,55)(H2,46,48,56)/t26?,28-,30+,34+,36+,43-/m1/s1. The maximum Gasteiger partial charge on any atom is 0.329 e. The van der Waals surface area contributed by atoms with Crippen molar-refractivity contribution in [3.8, 4) is 22.9 Å². The summed E-state index contributed by atoms with van der Waals surface area (Å²) in [6.45, 7) is 7.83. The first-order chi connectivity index (χ1) is 28.3. The number of ketones is 1. The molecule has 2 aliphatic heterocycles. The van der Waals surface area contributed by atoms with Crippen molar-refractivity contribution >= 4 is 57.0 Å². The molecule has 2 saturated carbocycles. The molecule has 318 valence electrons. The number of carbonyl (C=O) groups is 5. The highest BCUT2D eigenvalue weighted by molar-refractivity contribution is 7.14. The second-order valence-corrected chi connectivity index (χ2v) is 18.1. The van der Waals surface area contributed by atoms with Crippen LogP contribution in [-0.4, -0.2) is 99.0 Å². The molecule has 2 aromatic heterocycles. The lowest BCUT2D eigenvalue weighted by atomic mass is 9.97. The number of benzene rings is 1. The van der Waals surface area contributed by atoms with E-state index in [1.807, 2.05) is 45.2 Å². The Morgan fingerprint density at radius 1 is 0.983 bits per heavy atom. The fraction of sp³-hybridized carbons (Fsp3) is 0.605. The predicted octanol–water partition coefficient (Wildman–Crippen LogP) is 5.91. The maximum atomic E-state index is 14.7. The number of rotatable bonds is 12. The number of Topliss-reactive ketones (excluding diaryl/α,β-unsaturated/α-hetero) is 1. The van der Waals surface area contributed by atoms with Gasteiger partial charge in [0.1, 0.15) is 40.9 Å². The molecule has 0 radical (unpaired) electrons. The summed E-state index contributed by atoms with van der Waals surface area (Å²) in [5.74, 6) is -1.44. The molecule has 5 N–H and O–H groups in total. The zero-order valence-corrected chi connectivity index (χ0v) is 35.4.